The SMILES string of the molecule is CC(C)OP(CC(O[N+](=O)[O-])c1ccccc1)OC(C)C. The Bertz CT molecular complexity index is 417. The first-order valence-electron chi connectivity index (χ1n) is 6.85. The van der Waals surface area contributed by atoms with Crippen LogP contribution >= 0.6 is 8.38 Å². The molecule has 0 fully saturated rings. The molecule has 0 spiro atoms. The average molecular weight is 315 g/mol. The minimum atomic E-state index is -1.26. The van der Waals surface area contributed by atoms with Gasteiger partial charge in [-0.1, -0.05) is 30.3 Å². The number of rotatable bonds is 9. The molecule has 1 aromatic rings. The minimum absolute atomic E-state index is 0.0121. The zero-order valence-corrected chi connectivity index (χ0v) is 13.7. The van der Waals surface area contributed by atoms with E-state index in [2.05, 4.69) is 0 Å². The van der Waals surface area contributed by atoms with Crippen LogP contribution in [0.1, 0.15) is 39.4 Å². The monoisotopic (exact) mass is 315 g/mol. The van der Waals surface area contributed by atoms with Gasteiger partial charge in [-0.15, -0.1) is 10.1 Å². The van der Waals surface area contributed by atoms with E-state index in [-0.39, 0.29) is 12.2 Å². The Morgan fingerprint density at radius 2 is 1.62 bits per heavy atom. The second-order valence-electron chi connectivity index (χ2n) is 5.05. The minimum Gasteiger partial charge on any atom is -0.331 e. The van der Waals surface area contributed by atoms with Crippen molar-refractivity contribution in [1.82, 2.24) is 0 Å². The largest absolute Gasteiger partial charge is 0.331 e. The molecule has 0 aromatic heterocycles. The summed E-state index contributed by atoms with van der Waals surface area (Å²) in [7, 11) is -1.26. The lowest BCUT2D eigenvalue weighted by molar-refractivity contribution is -0.769. The maximum Gasteiger partial charge on any atom is 0.295 e. The molecule has 118 valence electrons. The molecule has 7 heteroatoms. The van der Waals surface area contributed by atoms with Gasteiger partial charge in [-0.2, -0.15) is 0 Å². The highest BCUT2D eigenvalue weighted by molar-refractivity contribution is 7.47. The van der Waals surface area contributed by atoms with E-state index < -0.39 is 19.6 Å². The Labute approximate surface area is 126 Å². The number of hydrogen-bond donors (Lipinski definition) is 0. The molecule has 0 bridgehead atoms. The summed E-state index contributed by atoms with van der Waals surface area (Å²) in [5, 5.41) is 9.95. The zero-order valence-electron chi connectivity index (χ0n) is 12.8. The third kappa shape index (κ3) is 7.37. The highest BCUT2D eigenvalue weighted by atomic mass is 31.2. The van der Waals surface area contributed by atoms with Crippen molar-refractivity contribution in [2.24, 2.45) is 0 Å². The lowest BCUT2D eigenvalue weighted by atomic mass is 10.1. The van der Waals surface area contributed by atoms with Gasteiger partial charge in [-0.05, 0) is 33.3 Å². The summed E-state index contributed by atoms with van der Waals surface area (Å²) in [4.78, 5) is 15.5. The van der Waals surface area contributed by atoms with Crippen LogP contribution in [0.3, 0.4) is 0 Å². The fourth-order valence-electron chi connectivity index (χ4n) is 1.69. The van der Waals surface area contributed by atoms with E-state index in [9.17, 15) is 10.1 Å². The molecule has 0 aliphatic carbocycles. The van der Waals surface area contributed by atoms with Crippen molar-refractivity contribution >= 4 is 8.38 Å². The summed E-state index contributed by atoms with van der Waals surface area (Å²) in [5.41, 5.74) is 0.737. The Morgan fingerprint density at radius 3 is 2.05 bits per heavy atom. The van der Waals surface area contributed by atoms with E-state index in [4.69, 9.17) is 13.9 Å². The number of benzene rings is 1. The van der Waals surface area contributed by atoms with Gasteiger partial charge >= 0.3 is 0 Å². The average Bonchev–Trinajstić information content (AvgIpc) is 2.36. The molecule has 1 unspecified atom stereocenters. The van der Waals surface area contributed by atoms with Crippen LogP contribution in [-0.4, -0.2) is 23.5 Å². The molecule has 0 aliphatic rings. The molecular weight excluding hydrogens is 293 g/mol. The van der Waals surface area contributed by atoms with Gasteiger partial charge in [0.2, 0.25) is 0 Å². The molecule has 21 heavy (non-hydrogen) atoms. The normalized spacial score (nSPS) is 12.9. The van der Waals surface area contributed by atoms with Crippen molar-refractivity contribution in [3.63, 3.8) is 0 Å². The zero-order chi connectivity index (χ0) is 15.8. The predicted octanol–water partition coefficient (Wildman–Crippen LogP) is 4.10. The quantitative estimate of drug-likeness (QED) is 0.390. The van der Waals surface area contributed by atoms with Gasteiger partial charge in [0.1, 0.15) is 6.10 Å². The van der Waals surface area contributed by atoms with Crippen LogP contribution in [0.2, 0.25) is 0 Å². The second-order valence-corrected chi connectivity index (χ2v) is 6.50. The topological polar surface area (TPSA) is 70.8 Å². The van der Waals surface area contributed by atoms with Gasteiger partial charge < -0.3 is 13.9 Å². The van der Waals surface area contributed by atoms with Crippen molar-refractivity contribution in [2.45, 2.75) is 46.0 Å². The lowest BCUT2D eigenvalue weighted by Gasteiger charge is -2.25. The summed E-state index contributed by atoms with van der Waals surface area (Å²) in [6, 6.07) is 9.09. The molecule has 0 aliphatic heterocycles. The third-order valence-corrected chi connectivity index (χ3v) is 4.30. The van der Waals surface area contributed by atoms with E-state index in [1.54, 1.807) is 12.1 Å². The molecular formula is C14H22NO5P. The van der Waals surface area contributed by atoms with Crippen LogP contribution < -0.4 is 0 Å². The van der Waals surface area contributed by atoms with Crippen LogP contribution in [0.15, 0.2) is 30.3 Å². The fourth-order valence-corrected chi connectivity index (χ4v) is 3.40. The number of nitrogens with zero attached hydrogens (tertiary/aromatic N) is 1. The van der Waals surface area contributed by atoms with Gasteiger partial charge in [0.25, 0.3) is 5.09 Å². The van der Waals surface area contributed by atoms with Crippen LogP contribution in [0.4, 0.5) is 0 Å². The smallest absolute Gasteiger partial charge is 0.295 e. The first kappa shape index (κ1) is 17.8. The van der Waals surface area contributed by atoms with E-state index in [1.165, 1.54) is 0 Å². The van der Waals surface area contributed by atoms with Gasteiger partial charge in [0.15, 0.2) is 8.38 Å². The molecule has 1 rings (SSSR count). The molecule has 0 saturated heterocycles. The van der Waals surface area contributed by atoms with Crippen molar-refractivity contribution in [3.05, 3.63) is 46.0 Å². The highest BCUT2D eigenvalue weighted by Gasteiger charge is 2.25. The molecule has 0 N–H and O–H groups in total. The predicted molar refractivity (Wildman–Crippen MR) is 81.5 cm³/mol. The van der Waals surface area contributed by atoms with Gasteiger partial charge in [-0.25, -0.2) is 0 Å². The van der Waals surface area contributed by atoms with Crippen LogP contribution in [0.25, 0.3) is 0 Å². The first-order valence-corrected chi connectivity index (χ1v) is 8.22. The van der Waals surface area contributed by atoms with Gasteiger partial charge in [-0.3, -0.25) is 0 Å². The van der Waals surface area contributed by atoms with Crippen molar-refractivity contribution in [1.29, 1.82) is 0 Å². The Hall–Kier alpha value is -1.23. The Balaban J connectivity index is 2.83. The maximum atomic E-state index is 10.7. The van der Waals surface area contributed by atoms with Crippen molar-refractivity contribution < 1.29 is 19.0 Å². The van der Waals surface area contributed by atoms with Crippen LogP contribution in [0.5, 0.6) is 0 Å². The van der Waals surface area contributed by atoms with E-state index >= 15 is 0 Å². The third-order valence-electron chi connectivity index (χ3n) is 2.36. The molecule has 1 atom stereocenters. The molecule has 0 heterocycles. The molecule has 0 radical (unpaired) electrons. The summed E-state index contributed by atoms with van der Waals surface area (Å²) in [5.74, 6) is 0. The summed E-state index contributed by atoms with van der Waals surface area (Å²) in [6.07, 6.45) is -0.398. The maximum absolute atomic E-state index is 10.7. The van der Waals surface area contributed by atoms with Crippen molar-refractivity contribution in [2.75, 3.05) is 6.16 Å². The Kier molecular flexibility index (Phi) is 7.57. The van der Waals surface area contributed by atoms with Crippen LogP contribution in [0, 0.1) is 10.1 Å². The van der Waals surface area contributed by atoms with Gasteiger partial charge in [0, 0.05) is 6.16 Å². The lowest BCUT2D eigenvalue weighted by Crippen LogP contribution is -2.16. The first-order chi connectivity index (χ1) is 9.88. The second kappa shape index (κ2) is 8.93. The van der Waals surface area contributed by atoms with Gasteiger partial charge in [0.05, 0.1) is 12.2 Å². The Morgan fingerprint density at radius 1 is 1.10 bits per heavy atom. The van der Waals surface area contributed by atoms with E-state index in [1.807, 2.05) is 45.9 Å². The summed E-state index contributed by atoms with van der Waals surface area (Å²) in [6.45, 7) is 7.63. The van der Waals surface area contributed by atoms with E-state index in [0.717, 1.165) is 5.56 Å². The fraction of sp³-hybridized carbons (Fsp3) is 0.571. The number of hydrogen-bond acceptors (Lipinski definition) is 5. The van der Waals surface area contributed by atoms with E-state index in [0.29, 0.717) is 6.16 Å². The molecule has 6 nitrogen and oxygen atoms in total. The summed E-state index contributed by atoms with van der Waals surface area (Å²) < 4.78 is 11.5. The standard InChI is InChI=1S/C14H22NO5P/c1-11(2)19-21(20-12(3)4)10-14(18-15(16)17)13-8-6-5-7-9-13/h5-9,11-12,14H,10H2,1-4H3. The molecule has 1 aromatic carbocycles. The van der Waals surface area contributed by atoms with Crippen molar-refractivity contribution in [3.8, 4) is 0 Å². The molecule has 0 saturated carbocycles. The highest BCUT2D eigenvalue weighted by Crippen LogP contribution is 2.45. The summed E-state index contributed by atoms with van der Waals surface area (Å²) >= 11 is 0. The van der Waals surface area contributed by atoms with Crippen LogP contribution in [-0.2, 0) is 13.9 Å². The molecule has 0 amide bonds.